The second-order valence-corrected chi connectivity index (χ2v) is 9.82. The number of fused-ring (bicyclic) bond motifs is 5. The molecule has 0 heteroatoms. The fourth-order valence-corrected chi connectivity index (χ4v) is 7.74. The Bertz CT molecular complexity index is 581. The Morgan fingerprint density at radius 3 is 2.48 bits per heavy atom. The molecule has 23 heavy (non-hydrogen) atoms. The molecule has 0 aromatic carbocycles. The minimum Gasteiger partial charge on any atom is -0.103 e. The molecule has 0 N–H and O–H groups in total. The van der Waals surface area contributed by atoms with Crippen LogP contribution in [0.15, 0.2) is 36.5 Å². The normalized spacial score (nSPS) is 52.2. The average molecular weight is 311 g/mol. The molecule has 4 aliphatic rings. The molecule has 126 valence electrons. The molecule has 0 nitrogen and oxygen atoms in total. The topological polar surface area (TPSA) is 0 Å². The molecule has 6 unspecified atom stereocenters. The van der Waals surface area contributed by atoms with Crippen LogP contribution in [0.5, 0.6) is 0 Å². The minimum atomic E-state index is 0.446. The fourth-order valence-electron chi connectivity index (χ4n) is 7.74. The van der Waals surface area contributed by atoms with Crippen molar-refractivity contribution in [2.45, 2.75) is 72.1 Å². The first-order valence-corrected chi connectivity index (χ1v) is 9.86. The van der Waals surface area contributed by atoms with Crippen LogP contribution >= 0.6 is 0 Å². The highest BCUT2D eigenvalue weighted by Crippen LogP contribution is 2.71. The molecule has 0 heterocycles. The molecule has 0 aromatic rings. The van der Waals surface area contributed by atoms with Gasteiger partial charge >= 0.3 is 0 Å². The van der Waals surface area contributed by atoms with Crippen molar-refractivity contribution in [1.29, 1.82) is 0 Å². The zero-order valence-corrected chi connectivity index (χ0v) is 15.5. The average Bonchev–Trinajstić information content (AvgIpc) is 2.86. The predicted octanol–water partition coefficient (Wildman–Crippen LogP) is 6.70. The Morgan fingerprint density at radius 2 is 1.74 bits per heavy atom. The second-order valence-electron chi connectivity index (χ2n) is 9.82. The summed E-state index contributed by atoms with van der Waals surface area (Å²) in [5.74, 6) is 2.53. The number of allylic oxidation sites excluding steroid dienone is 4. The van der Waals surface area contributed by atoms with Gasteiger partial charge in [-0.1, -0.05) is 50.6 Å². The van der Waals surface area contributed by atoms with Crippen molar-refractivity contribution in [3.05, 3.63) is 36.5 Å². The summed E-state index contributed by atoms with van der Waals surface area (Å²) in [7, 11) is 0. The second kappa shape index (κ2) is 4.87. The van der Waals surface area contributed by atoms with Gasteiger partial charge in [-0.2, -0.15) is 0 Å². The molecule has 4 rings (SSSR count). The Labute approximate surface area is 143 Å². The summed E-state index contributed by atoms with van der Waals surface area (Å²) < 4.78 is 0. The lowest BCUT2D eigenvalue weighted by Gasteiger charge is -2.63. The summed E-state index contributed by atoms with van der Waals surface area (Å²) in [6.07, 6.45) is 15.7. The molecule has 0 bridgehead atoms. The van der Waals surface area contributed by atoms with Crippen LogP contribution in [0.25, 0.3) is 0 Å². The summed E-state index contributed by atoms with van der Waals surface area (Å²) in [5, 5.41) is 0. The van der Waals surface area contributed by atoms with Crippen molar-refractivity contribution in [3.8, 4) is 0 Å². The molecule has 3 saturated carbocycles. The van der Waals surface area contributed by atoms with Crippen LogP contribution in [-0.4, -0.2) is 0 Å². The van der Waals surface area contributed by atoms with E-state index in [1.165, 1.54) is 56.9 Å². The Kier molecular flexibility index (Phi) is 3.33. The molecular formula is C23H34. The van der Waals surface area contributed by atoms with E-state index in [4.69, 9.17) is 0 Å². The van der Waals surface area contributed by atoms with E-state index in [1.807, 2.05) is 0 Å². The van der Waals surface area contributed by atoms with E-state index in [1.54, 1.807) is 5.57 Å². The highest BCUT2D eigenvalue weighted by molar-refractivity contribution is 5.34. The fraction of sp³-hybridized carbons (Fsp3) is 0.739. The van der Waals surface area contributed by atoms with E-state index in [0.29, 0.717) is 16.2 Å². The number of hydrogen-bond acceptors (Lipinski definition) is 0. The van der Waals surface area contributed by atoms with Crippen LogP contribution in [0.1, 0.15) is 72.1 Å². The van der Waals surface area contributed by atoms with E-state index in [-0.39, 0.29) is 0 Å². The summed E-state index contributed by atoms with van der Waals surface area (Å²) >= 11 is 0. The number of hydrogen-bond donors (Lipinski definition) is 0. The molecule has 0 amide bonds. The Morgan fingerprint density at radius 1 is 0.957 bits per heavy atom. The van der Waals surface area contributed by atoms with Crippen molar-refractivity contribution in [2.24, 2.45) is 34.0 Å². The minimum absolute atomic E-state index is 0.446. The SMILES string of the molecule is C=CC1CCC2C1(C)CCC1C3(C)CCC(=C)C=C3CCC12C. The van der Waals surface area contributed by atoms with Gasteiger partial charge in [0.2, 0.25) is 0 Å². The molecule has 0 spiro atoms. The van der Waals surface area contributed by atoms with Crippen LogP contribution < -0.4 is 0 Å². The van der Waals surface area contributed by atoms with Crippen molar-refractivity contribution in [1.82, 2.24) is 0 Å². The third-order valence-corrected chi connectivity index (χ3v) is 9.04. The van der Waals surface area contributed by atoms with Crippen LogP contribution in [0.3, 0.4) is 0 Å². The van der Waals surface area contributed by atoms with Gasteiger partial charge in [-0.05, 0) is 85.4 Å². The monoisotopic (exact) mass is 310 g/mol. The first kappa shape index (κ1) is 15.7. The molecule has 3 fully saturated rings. The third-order valence-electron chi connectivity index (χ3n) is 9.04. The summed E-state index contributed by atoms with van der Waals surface area (Å²) in [5.41, 5.74) is 4.60. The third kappa shape index (κ3) is 1.90. The molecule has 0 radical (unpaired) electrons. The van der Waals surface area contributed by atoms with Crippen molar-refractivity contribution < 1.29 is 0 Å². The maximum atomic E-state index is 4.26. The molecule has 0 aliphatic heterocycles. The Balaban J connectivity index is 1.75. The molecular weight excluding hydrogens is 276 g/mol. The smallest absolute Gasteiger partial charge is 0.00765 e. The lowest BCUT2D eigenvalue weighted by atomic mass is 9.41. The maximum Gasteiger partial charge on any atom is -0.00765 e. The van der Waals surface area contributed by atoms with E-state index in [0.717, 1.165) is 17.8 Å². The zero-order chi connectivity index (χ0) is 16.5. The molecule has 4 aliphatic carbocycles. The van der Waals surface area contributed by atoms with Crippen LogP contribution in [0.2, 0.25) is 0 Å². The van der Waals surface area contributed by atoms with Gasteiger partial charge < -0.3 is 0 Å². The van der Waals surface area contributed by atoms with E-state index < -0.39 is 0 Å². The van der Waals surface area contributed by atoms with Crippen LogP contribution in [-0.2, 0) is 0 Å². The van der Waals surface area contributed by atoms with Gasteiger partial charge in [0.25, 0.3) is 0 Å². The standard InChI is InChI=1S/C23H34/c1-6-17-7-8-19-21(17,3)14-11-20-22(4)12-9-16(2)15-18(22)10-13-23(19,20)5/h6,15,17,19-20H,1-2,7-14H2,3-5H3. The van der Waals surface area contributed by atoms with Gasteiger partial charge in [-0.25, -0.2) is 0 Å². The summed E-state index contributed by atoms with van der Waals surface area (Å²) in [6.45, 7) is 16.3. The largest absolute Gasteiger partial charge is 0.103 e. The predicted molar refractivity (Wildman–Crippen MR) is 99.1 cm³/mol. The van der Waals surface area contributed by atoms with Crippen LogP contribution in [0.4, 0.5) is 0 Å². The van der Waals surface area contributed by atoms with Gasteiger partial charge in [0, 0.05) is 0 Å². The van der Waals surface area contributed by atoms with E-state index >= 15 is 0 Å². The van der Waals surface area contributed by atoms with Crippen LogP contribution in [0, 0.1) is 34.0 Å². The zero-order valence-electron chi connectivity index (χ0n) is 15.5. The van der Waals surface area contributed by atoms with E-state index in [2.05, 4.69) is 46.1 Å². The lowest BCUT2D eigenvalue weighted by Crippen LogP contribution is -2.55. The van der Waals surface area contributed by atoms with Gasteiger partial charge in [0.1, 0.15) is 0 Å². The number of rotatable bonds is 1. The van der Waals surface area contributed by atoms with Gasteiger partial charge in [0.05, 0.1) is 0 Å². The first-order chi connectivity index (χ1) is 10.8. The van der Waals surface area contributed by atoms with E-state index in [9.17, 15) is 0 Å². The Hall–Kier alpha value is -0.780. The van der Waals surface area contributed by atoms with Crippen molar-refractivity contribution in [3.63, 3.8) is 0 Å². The summed E-state index contributed by atoms with van der Waals surface area (Å²) in [4.78, 5) is 0. The molecule has 0 aromatic heterocycles. The molecule has 6 atom stereocenters. The maximum absolute atomic E-state index is 4.26. The summed E-state index contributed by atoms with van der Waals surface area (Å²) in [6, 6.07) is 0. The van der Waals surface area contributed by atoms with Gasteiger partial charge in [0.15, 0.2) is 0 Å². The lowest BCUT2D eigenvalue weighted by molar-refractivity contribution is -0.111. The quantitative estimate of drug-likeness (QED) is 0.473. The first-order valence-electron chi connectivity index (χ1n) is 9.86. The van der Waals surface area contributed by atoms with Gasteiger partial charge in [-0.3, -0.25) is 0 Å². The highest BCUT2D eigenvalue weighted by atomic mass is 14.7. The molecule has 0 saturated heterocycles. The highest BCUT2D eigenvalue weighted by Gasteiger charge is 2.63. The van der Waals surface area contributed by atoms with Crippen molar-refractivity contribution in [2.75, 3.05) is 0 Å². The van der Waals surface area contributed by atoms with Crippen molar-refractivity contribution >= 4 is 0 Å². The van der Waals surface area contributed by atoms with Gasteiger partial charge in [-0.15, -0.1) is 6.58 Å².